The molecule has 0 N–H and O–H groups in total. The molecule has 0 saturated heterocycles. The van der Waals surface area contributed by atoms with E-state index in [0.717, 1.165) is 17.8 Å². The van der Waals surface area contributed by atoms with Gasteiger partial charge in [-0.05, 0) is 19.4 Å². The highest BCUT2D eigenvalue weighted by Gasteiger charge is 2.07. The zero-order valence-electron chi connectivity index (χ0n) is 8.61. The first kappa shape index (κ1) is 10.1. The Bertz CT molecular complexity index is 478. The van der Waals surface area contributed by atoms with Crippen molar-refractivity contribution in [1.29, 1.82) is 0 Å². The minimum Gasteiger partial charge on any atom is -0.242 e. The number of hydrogen-bond donors (Lipinski definition) is 0. The van der Waals surface area contributed by atoms with E-state index in [1.54, 1.807) is 4.68 Å². The molecule has 15 heavy (non-hydrogen) atoms. The number of hydrogen-bond acceptors (Lipinski definition) is 3. The molecule has 4 nitrogen and oxygen atoms in total. The molecule has 0 aliphatic heterocycles. The van der Waals surface area contributed by atoms with Gasteiger partial charge in [0.2, 0.25) is 0 Å². The summed E-state index contributed by atoms with van der Waals surface area (Å²) >= 11 is 6.05. The van der Waals surface area contributed by atoms with Crippen molar-refractivity contribution < 1.29 is 0 Å². The molecule has 0 unspecified atom stereocenters. The van der Waals surface area contributed by atoms with Gasteiger partial charge in [-0.25, -0.2) is 14.6 Å². The molecular weight excluding hydrogens is 212 g/mol. The zero-order valence-corrected chi connectivity index (χ0v) is 9.36. The first-order chi connectivity index (χ1) is 7.20. The average molecular weight is 223 g/mol. The summed E-state index contributed by atoms with van der Waals surface area (Å²) in [7, 11) is 0. The van der Waals surface area contributed by atoms with E-state index >= 15 is 0 Å². The Hall–Kier alpha value is -1.42. The van der Waals surface area contributed by atoms with Gasteiger partial charge in [0, 0.05) is 11.8 Å². The van der Waals surface area contributed by atoms with Gasteiger partial charge in [-0.3, -0.25) is 0 Å². The summed E-state index contributed by atoms with van der Waals surface area (Å²) in [6.45, 7) is 3.94. The molecule has 0 radical (unpaired) electrons. The van der Waals surface area contributed by atoms with Crippen LogP contribution in [0.4, 0.5) is 0 Å². The molecule has 0 bridgehead atoms. The maximum Gasteiger partial charge on any atom is 0.158 e. The molecular formula is C10H11ClN4. The highest BCUT2D eigenvalue weighted by atomic mass is 35.5. The Kier molecular flexibility index (Phi) is 2.68. The molecule has 0 spiro atoms. The standard InChI is InChI=1S/C10H11ClN4/c1-3-8-5-9(11)15(14-8)10-4-7(2)12-6-13-10/h4-6H,3H2,1-2H3. The third-order valence-electron chi connectivity index (χ3n) is 2.09. The van der Waals surface area contributed by atoms with Crippen LogP contribution in [0.15, 0.2) is 18.5 Å². The van der Waals surface area contributed by atoms with Crippen LogP contribution < -0.4 is 0 Å². The molecule has 0 fully saturated rings. The lowest BCUT2D eigenvalue weighted by atomic mass is 10.3. The molecule has 2 aromatic rings. The number of aryl methyl sites for hydroxylation is 2. The van der Waals surface area contributed by atoms with Crippen LogP contribution in [0, 0.1) is 6.92 Å². The van der Waals surface area contributed by atoms with Crippen LogP contribution >= 0.6 is 11.6 Å². The fourth-order valence-electron chi connectivity index (χ4n) is 1.29. The lowest BCUT2D eigenvalue weighted by molar-refractivity contribution is 0.808. The lowest BCUT2D eigenvalue weighted by Crippen LogP contribution is -2.01. The summed E-state index contributed by atoms with van der Waals surface area (Å²) in [6.07, 6.45) is 2.37. The minimum absolute atomic E-state index is 0.574. The topological polar surface area (TPSA) is 43.6 Å². The summed E-state index contributed by atoms with van der Waals surface area (Å²) in [5.74, 6) is 0.701. The van der Waals surface area contributed by atoms with Crippen LogP contribution in [0.5, 0.6) is 0 Å². The Balaban J connectivity index is 2.48. The molecule has 0 aliphatic rings. The van der Waals surface area contributed by atoms with Crippen LogP contribution in [0.2, 0.25) is 5.15 Å². The molecule has 2 aromatic heterocycles. The minimum atomic E-state index is 0.574. The van der Waals surface area contributed by atoms with Crippen molar-refractivity contribution in [3.63, 3.8) is 0 Å². The van der Waals surface area contributed by atoms with E-state index in [1.165, 1.54) is 6.33 Å². The zero-order chi connectivity index (χ0) is 10.8. The molecule has 2 heterocycles. The van der Waals surface area contributed by atoms with Gasteiger partial charge in [0.25, 0.3) is 0 Å². The van der Waals surface area contributed by atoms with Crippen LogP contribution in [0.25, 0.3) is 5.82 Å². The molecule has 78 valence electrons. The smallest absolute Gasteiger partial charge is 0.158 e. The molecule has 0 aromatic carbocycles. The Labute approximate surface area is 92.9 Å². The monoisotopic (exact) mass is 222 g/mol. The number of rotatable bonds is 2. The second kappa shape index (κ2) is 3.98. The van der Waals surface area contributed by atoms with Gasteiger partial charge in [0.15, 0.2) is 5.82 Å². The summed E-state index contributed by atoms with van der Waals surface area (Å²) in [6, 6.07) is 3.69. The van der Waals surface area contributed by atoms with E-state index in [2.05, 4.69) is 15.1 Å². The summed E-state index contributed by atoms with van der Waals surface area (Å²) in [5, 5.41) is 4.91. The van der Waals surface area contributed by atoms with Crippen molar-refractivity contribution in [1.82, 2.24) is 19.7 Å². The second-order valence-electron chi connectivity index (χ2n) is 3.24. The third-order valence-corrected chi connectivity index (χ3v) is 2.35. The second-order valence-corrected chi connectivity index (χ2v) is 3.63. The van der Waals surface area contributed by atoms with Crippen molar-refractivity contribution in [2.24, 2.45) is 0 Å². The Morgan fingerprint density at radius 1 is 1.33 bits per heavy atom. The molecule has 0 saturated carbocycles. The number of halogens is 1. The molecule has 0 atom stereocenters. The molecule has 0 amide bonds. The average Bonchev–Trinajstić information content (AvgIpc) is 2.60. The van der Waals surface area contributed by atoms with Gasteiger partial charge < -0.3 is 0 Å². The van der Waals surface area contributed by atoms with Crippen LogP contribution in [0.1, 0.15) is 18.3 Å². The van der Waals surface area contributed by atoms with Crippen molar-refractivity contribution >= 4 is 11.6 Å². The third kappa shape index (κ3) is 1.99. The van der Waals surface area contributed by atoms with Crippen molar-refractivity contribution in [3.8, 4) is 5.82 Å². The van der Waals surface area contributed by atoms with Gasteiger partial charge in [-0.1, -0.05) is 18.5 Å². The van der Waals surface area contributed by atoms with Gasteiger partial charge in [0.1, 0.15) is 11.5 Å². The van der Waals surface area contributed by atoms with Crippen LogP contribution in [-0.4, -0.2) is 19.7 Å². The summed E-state index contributed by atoms with van der Waals surface area (Å²) in [4.78, 5) is 8.15. The predicted octanol–water partition coefficient (Wildman–Crippen LogP) is 2.19. The fraction of sp³-hybridized carbons (Fsp3) is 0.300. The Morgan fingerprint density at radius 3 is 2.73 bits per heavy atom. The highest BCUT2D eigenvalue weighted by Crippen LogP contribution is 2.16. The van der Waals surface area contributed by atoms with Gasteiger partial charge in [-0.15, -0.1) is 0 Å². The highest BCUT2D eigenvalue weighted by molar-refractivity contribution is 6.29. The Morgan fingerprint density at radius 2 is 2.13 bits per heavy atom. The maximum absolute atomic E-state index is 6.05. The molecule has 5 heteroatoms. The maximum atomic E-state index is 6.05. The normalized spacial score (nSPS) is 10.6. The fourth-order valence-corrected chi connectivity index (χ4v) is 1.54. The van der Waals surface area contributed by atoms with E-state index in [0.29, 0.717) is 11.0 Å². The van der Waals surface area contributed by atoms with Gasteiger partial charge >= 0.3 is 0 Å². The first-order valence-electron chi connectivity index (χ1n) is 4.74. The van der Waals surface area contributed by atoms with Crippen molar-refractivity contribution in [2.75, 3.05) is 0 Å². The van der Waals surface area contributed by atoms with Crippen molar-refractivity contribution in [2.45, 2.75) is 20.3 Å². The largest absolute Gasteiger partial charge is 0.242 e. The van der Waals surface area contributed by atoms with E-state index in [1.807, 2.05) is 26.0 Å². The van der Waals surface area contributed by atoms with Crippen LogP contribution in [0.3, 0.4) is 0 Å². The van der Waals surface area contributed by atoms with Gasteiger partial charge in [-0.2, -0.15) is 5.10 Å². The summed E-state index contributed by atoms with van der Waals surface area (Å²) < 4.78 is 1.62. The molecule has 0 aliphatic carbocycles. The first-order valence-corrected chi connectivity index (χ1v) is 5.12. The van der Waals surface area contributed by atoms with E-state index < -0.39 is 0 Å². The SMILES string of the molecule is CCc1cc(Cl)n(-c2cc(C)ncn2)n1. The van der Waals surface area contributed by atoms with Crippen LogP contribution in [-0.2, 0) is 6.42 Å². The van der Waals surface area contributed by atoms with E-state index in [-0.39, 0.29) is 0 Å². The lowest BCUT2D eigenvalue weighted by Gasteiger charge is -2.01. The van der Waals surface area contributed by atoms with E-state index in [9.17, 15) is 0 Å². The van der Waals surface area contributed by atoms with Gasteiger partial charge in [0.05, 0.1) is 5.69 Å². The predicted molar refractivity (Wildman–Crippen MR) is 58.3 cm³/mol. The molecule has 2 rings (SSSR count). The van der Waals surface area contributed by atoms with E-state index in [4.69, 9.17) is 11.6 Å². The quantitative estimate of drug-likeness (QED) is 0.783. The number of aromatic nitrogens is 4. The number of nitrogens with zero attached hydrogens (tertiary/aromatic N) is 4. The summed E-state index contributed by atoms with van der Waals surface area (Å²) in [5.41, 5.74) is 1.85. The van der Waals surface area contributed by atoms with Crippen molar-refractivity contribution in [3.05, 3.63) is 35.0 Å².